The zero-order valence-electron chi connectivity index (χ0n) is 16.6. The molecule has 1 aliphatic carbocycles. The van der Waals surface area contributed by atoms with Gasteiger partial charge in [-0.05, 0) is 55.7 Å². The molecule has 1 atom stereocenters. The molecule has 2 saturated heterocycles. The Balaban J connectivity index is 1.28. The Morgan fingerprint density at radius 1 is 0.929 bits per heavy atom. The number of carbonyl (C=O) groups excluding carboxylic acids is 2. The molecule has 0 radical (unpaired) electrons. The van der Waals surface area contributed by atoms with Gasteiger partial charge in [-0.3, -0.25) is 19.8 Å². The molecule has 1 aromatic carbocycles. The highest BCUT2D eigenvalue weighted by atomic mass is 16.2. The van der Waals surface area contributed by atoms with Gasteiger partial charge in [0.15, 0.2) is 0 Å². The Kier molecular flexibility index (Phi) is 5.97. The van der Waals surface area contributed by atoms with Gasteiger partial charge in [-0.2, -0.15) is 0 Å². The maximum absolute atomic E-state index is 12.1. The topological polar surface area (TPSA) is 78.7 Å². The van der Waals surface area contributed by atoms with E-state index >= 15 is 0 Å². The number of piperidine rings is 1. The van der Waals surface area contributed by atoms with Crippen molar-refractivity contribution in [1.29, 1.82) is 0 Å². The van der Waals surface area contributed by atoms with E-state index in [0.717, 1.165) is 37.7 Å². The number of amides is 2. The number of nitrogens with one attached hydrogen (secondary N) is 1. The summed E-state index contributed by atoms with van der Waals surface area (Å²) >= 11 is 0. The number of carbonyl (C=O) groups is 2. The molecule has 28 heavy (non-hydrogen) atoms. The van der Waals surface area contributed by atoms with E-state index in [4.69, 9.17) is 5.73 Å². The van der Waals surface area contributed by atoms with Crippen LogP contribution in [0.25, 0.3) is 0 Å². The minimum atomic E-state index is -0.202. The second-order valence-corrected chi connectivity index (χ2v) is 8.66. The zero-order valence-corrected chi connectivity index (χ0v) is 16.6. The predicted molar refractivity (Wildman–Crippen MR) is 110 cm³/mol. The summed E-state index contributed by atoms with van der Waals surface area (Å²) < 4.78 is 0. The summed E-state index contributed by atoms with van der Waals surface area (Å²) in [6.07, 6.45) is 5.96. The van der Waals surface area contributed by atoms with Crippen LogP contribution in [0.5, 0.6) is 0 Å². The van der Waals surface area contributed by atoms with E-state index in [9.17, 15) is 9.59 Å². The summed E-state index contributed by atoms with van der Waals surface area (Å²) in [6, 6.07) is 8.77. The Morgan fingerprint density at radius 2 is 1.61 bits per heavy atom. The van der Waals surface area contributed by atoms with Gasteiger partial charge in [-0.15, -0.1) is 0 Å². The first-order valence-corrected chi connectivity index (χ1v) is 10.7. The van der Waals surface area contributed by atoms with Gasteiger partial charge >= 0.3 is 0 Å². The molecule has 3 N–H and O–H groups in total. The molecule has 2 amide bonds. The van der Waals surface area contributed by atoms with Crippen molar-refractivity contribution in [1.82, 2.24) is 10.2 Å². The van der Waals surface area contributed by atoms with Crippen LogP contribution in [0, 0.1) is 5.92 Å². The van der Waals surface area contributed by atoms with E-state index in [1.165, 1.54) is 37.9 Å². The molecule has 1 saturated carbocycles. The molecule has 152 valence electrons. The van der Waals surface area contributed by atoms with Crippen LogP contribution in [0.2, 0.25) is 0 Å². The monoisotopic (exact) mass is 384 g/mol. The van der Waals surface area contributed by atoms with Gasteiger partial charge in [-0.1, -0.05) is 12.1 Å². The van der Waals surface area contributed by atoms with Crippen LogP contribution in [-0.2, 0) is 9.59 Å². The van der Waals surface area contributed by atoms with Crippen molar-refractivity contribution in [2.75, 3.05) is 37.6 Å². The molecule has 1 aromatic rings. The van der Waals surface area contributed by atoms with Crippen molar-refractivity contribution in [3.05, 3.63) is 29.8 Å². The largest absolute Gasteiger partial charge is 0.369 e. The van der Waals surface area contributed by atoms with Crippen molar-refractivity contribution in [3.8, 4) is 0 Å². The van der Waals surface area contributed by atoms with Crippen molar-refractivity contribution in [2.24, 2.45) is 11.7 Å². The maximum atomic E-state index is 12.1. The molecule has 3 fully saturated rings. The van der Waals surface area contributed by atoms with Crippen LogP contribution in [0.1, 0.15) is 50.0 Å². The number of anilines is 1. The smallest absolute Gasteiger partial charge is 0.234 e. The minimum Gasteiger partial charge on any atom is -0.369 e. The van der Waals surface area contributed by atoms with Crippen LogP contribution in [-0.4, -0.2) is 55.5 Å². The van der Waals surface area contributed by atoms with E-state index < -0.39 is 0 Å². The lowest BCUT2D eigenvalue weighted by atomic mass is 9.86. The van der Waals surface area contributed by atoms with Gasteiger partial charge in [0.1, 0.15) is 0 Å². The van der Waals surface area contributed by atoms with Crippen molar-refractivity contribution in [2.45, 2.75) is 50.5 Å². The van der Waals surface area contributed by atoms with Crippen molar-refractivity contribution >= 4 is 17.5 Å². The first kappa shape index (κ1) is 19.4. The second-order valence-electron chi connectivity index (χ2n) is 8.66. The Labute approximate surface area is 167 Å². The molecule has 6 nitrogen and oxygen atoms in total. The second kappa shape index (κ2) is 8.62. The quantitative estimate of drug-likeness (QED) is 0.775. The standard InChI is InChI=1S/C22H32N4O2/c23-18-5-1-16(2-6-18)15-25-11-13-26(14-12-25)19-7-3-17(4-8-19)20-9-10-21(27)24-22(20)28/h3-4,7-8,16,18,20H,1-2,5-6,9-15,23H2,(H,24,27,28). The predicted octanol–water partition coefficient (Wildman–Crippen LogP) is 1.85. The molecule has 2 aliphatic heterocycles. The molecule has 0 aromatic heterocycles. The SMILES string of the molecule is NC1CCC(CN2CCN(c3ccc(C4CCC(=O)NC4=O)cc3)CC2)CC1. The van der Waals surface area contributed by atoms with E-state index in [1.807, 2.05) is 12.1 Å². The first-order chi connectivity index (χ1) is 13.6. The average Bonchev–Trinajstić information content (AvgIpc) is 2.71. The first-order valence-electron chi connectivity index (χ1n) is 10.7. The fourth-order valence-electron chi connectivity index (χ4n) is 4.85. The number of nitrogens with two attached hydrogens (primary N) is 1. The van der Waals surface area contributed by atoms with Crippen molar-refractivity contribution in [3.63, 3.8) is 0 Å². The summed E-state index contributed by atoms with van der Waals surface area (Å²) in [7, 11) is 0. The van der Waals surface area contributed by atoms with E-state index in [1.54, 1.807) is 0 Å². The molecule has 3 aliphatic rings. The van der Waals surface area contributed by atoms with Gasteiger partial charge < -0.3 is 10.6 Å². The van der Waals surface area contributed by atoms with Gasteiger partial charge in [0.2, 0.25) is 11.8 Å². The highest BCUT2D eigenvalue weighted by molar-refractivity contribution is 6.00. The number of rotatable bonds is 4. The fraction of sp³-hybridized carbons (Fsp3) is 0.636. The lowest BCUT2D eigenvalue weighted by molar-refractivity contribution is -0.134. The third-order valence-electron chi connectivity index (χ3n) is 6.68. The number of hydrogen-bond donors (Lipinski definition) is 2. The summed E-state index contributed by atoms with van der Waals surface area (Å²) in [5.41, 5.74) is 8.25. The van der Waals surface area contributed by atoms with Gasteiger partial charge in [0, 0.05) is 50.9 Å². The summed E-state index contributed by atoms with van der Waals surface area (Å²) in [6.45, 7) is 5.53. The zero-order chi connectivity index (χ0) is 19.5. The van der Waals surface area contributed by atoms with E-state index in [-0.39, 0.29) is 17.7 Å². The van der Waals surface area contributed by atoms with E-state index in [2.05, 4.69) is 27.2 Å². The van der Waals surface area contributed by atoms with E-state index in [0.29, 0.717) is 18.9 Å². The molecule has 4 rings (SSSR count). The van der Waals surface area contributed by atoms with Crippen LogP contribution in [0.4, 0.5) is 5.69 Å². The Bertz CT molecular complexity index is 689. The molecule has 2 heterocycles. The fourth-order valence-corrected chi connectivity index (χ4v) is 4.85. The number of hydrogen-bond acceptors (Lipinski definition) is 5. The number of piperazine rings is 1. The molecular formula is C22H32N4O2. The average molecular weight is 385 g/mol. The minimum absolute atomic E-state index is 0.160. The third-order valence-corrected chi connectivity index (χ3v) is 6.68. The third kappa shape index (κ3) is 4.55. The normalized spacial score (nSPS) is 29.6. The summed E-state index contributed by atoms with van der Waals surface area (Å²) in [4.78, 5) is 28.4. The summed E-state index contributed by atoms with van der Waals surface area (Å²) in [5.74, 6) is 0.291. The van der Waals surface area contributed by atoms with Crippen LogP contribution in [0.3, 0.4) is 0 Å². The molecule has 1 unspecified atom stereocenters. The highest BCUT2D eigenvalue weighted by Gasteiger charge is 2.28. The number of imide groups is 1. The lowest BCUT2D eigenvalue weighted by Crippen LogP contribution is -2.48. The Morgan fingerprint density at radius 3 is 2.25 bits per heavy atom. The molecular weight excluding hydrogens is 352 g/mol. The van der Waals surface area contributed by atoms with Crippen LogP contribution in [0.15, 0.2) is 24.3 Å². The molecule has 0 spiro atoms. The maximum Gasteiger partial charge on any atom is 0.234 e. The van der Waals surface area contributed by atoms with Crippen molar-refractivity contribution < 1.29 is 9.59 Å². The number of nitrogens with zero attached hydrogens (tertiary/aromatic N) is 2. The Hall–Kier alpha value is -1.92. The van der Waals surface area contributed by atoms with Gasteiger partial charge in [0.05, 0.1) is 5.92 Å². The summed E-state index contributed by atoms with van der Waals surface area (Å²) in [5, 5.41) is 2.45. The molecule has 0 bridgehead atoms. The van der Waals surface area contributed by atoms with Gasteiger partial charge in [-0.25, -0.2) is 0 Å². The molecule has 6 heteroatoms. The highest BCUT2D eigenvalue weighted by Crippen LogP contribution is 2.28. The lowest BCUT2D eigenvalue weighted by Gasteiger charge is -2.38. The number of benzene rings is 1. The van der Waals surface area contributed by atoms with Crippen LogP contribution >= 0.6 is 0 Å². The van der Waals surface area contributed by atoms with Crippen LogP contribution < -0.4 is 16.0 Å². The van der Waals surface area contributed by atoms with Gasteiger partial charge in [0.25, 0.3) is 0 Å².